The van der Waals surface area contributed by atoms with E-state index in [0.29, 0.717) is 0 Å². The fourth-order valence-electron chi connectivity index (χ4n) is 5.49. The summed E-state index contributed by atoms with van der Waals surface area (Å²) in [4.78, 5) is 2.57. The molecule has 39 heavy (non-hydrogen) atoms. The lowest BCUT2D eigenvalue weighted by Gasteiger charge is -2.19. The fourth-order valence-corrected chi connectivity index (χ4v) is 5.49. The number of rotatable bonds is 33. The van der Waals surface area contributed by atoms with Crippen LogP contribution in [0.2, 0.25) is 0 Å². The van der Waals surface area contributed by atoms with Crippen molar-refractivity contribution in [3.8, 4) is 0 Å². The molecule has 0 amide bonds. The van der Waals surface area contributed by atoms with Crippen LogP contribution in [-0.2, 0) is 0 Å². The first-order valence-corrected chi connectivity index (χ1v) is 18.2. The molecule has 0 aromatic heterocycles. The Kier molecular flexibility index (Phi) is 35.0. The van der Waals surface area contributed by atoms with Gasteiger partial charge >= 0.3 is 0 Å². The van der Waals surface area contributed by atoms with Crippen LogP contribution < -0.4 is 0 Å². The monoisotopic (exact) mass is 545 g/mol. The Morgan fingerprint density at radius 3 is 0.872 bits per heavy atom. The highest BCUT2D eigenvalue weighted by molar-refractivity contribution is 4.82. The topological polar surface area (TPSA) is 3.24 Å². The summed E-state index contributed by atoms with van der Waals surface area (Å²) in [6.07, 6.45) is 48.8. The van der Waals surface area contributed by atoms with Crippen LogP contribution in [0.5, 0.6) is 0 Å². The predicted molar refractivity (Wildman–Crippen MR) is 180 cm³/mol. The quantitative estimate of drug-likeness (QED) is 0.0586. The smallest absolute Gasteiger partial charge is 0.0220 e. The fraction of sp³-hybridized carbons (Fsp3) is 0.868. The van der Waals surface area contributed by atoms with E-state index in [-0.39, 0.29) is 0 Å². The van der Waals surface area contributed by atoms with Gasteiger partial charge in [-0.3, -0.25) is 4.90 Å². The van der Waals surface area contributed by atoms with E-state index < -0.39 is 0 Å². The van der Waals surface area contributed by atoms with E-state index in [1.807, 2.05) is 0 Å². The highest BCUT2D eigenvalue weighted by Crippen LogP contribution is 2.13. The van der Waals surface area contributed by atoms with Gasteiger partial charge in [-0.15, -0.1) is 0 Å². The molecule has 0 N–H and O–H groups in total. The van der Waals surface area contributed by atoms with Gasteiger partial charge in [-0.05, 0) is 84.2 Å². The number of allylic oxidation sites excluding steroid dienone is 4. The van der Waals surface area contributed by atoms with Gasteiger partial charge in [0.25, 0.3) is 0 Å². The van der Waals surface area contributed by atoms with Crippen molar-refractivity contribution in [3.63, 3.8) is 0 Å². The average molecular weight is 545 g/mol. The van der Waals surface area contributed by atoms with Crippen molar-refractivity contribution in [3.05, 3.63) is 30.8 Å². The molecule has 0 aliphatic heterocycles. The lowest BCUT2D eigenvalue weighted by molar-refractivity contribution is 0.316. The highest BCUT2D eigenvalue weighted by atomic mass is 15.1. The second-order valence-corrected chi connectivity index (χ2v) is 12.2. The molecular formula is C38H74N. The van der Waals surface area contributed by atoms with Crippen LogP contribution in [0.25, 0.3) is 0 Å². The lowest BCUT2D eigenvalue weighted by Crippen LogP contribution is -2.22. The zero-order valence-electron chi connectivity index (χ0n) is 27.5. The minimum atomic E-state index is 1.27. The molecule has 0 aliphatic rings. The Morgan fingerprint density at radius 2 is 0.590 bits per heavy atom. The average Bonchev–Trinajstić information content (AvgIpc) is 2.95. The van der Waals surface area contributed by atoms with Crippen LogP contribution in [0.3, 0.4) is 0 Å². The van der Waals surface area contributed by atoms with Crippen LogP contribution in [-0.4, -0.2) is 18.0 Å². The minimum Gasteiger partial charge on any atom is -0.299 e. The summed E-state index contributed by atoms with van der Waals surface area (Å²) in [5, 5.41) is 0. The molecule has 1 radical (unpaired) electrons. The summed E-state index contributed by atoms with van der Waals surface area (Å²) in [7, 11) is 0. The van der Waals surface area contributed by atoms with E-state index in [1.165, 1.54) is 193 Å². The Labute approximate surface area is 249 Å². The van der Waals surface area contributed by atoms with Gasteiger partial charge in [0.1, 0.15) is 0 Å². The molecule has 0 heterocycles. The first-order valence-electron chi connectivity index (χ1n) is 18.2. The van der Waals surface area contributed by atoms with Crippen molar-refractivity contribution in [2.45, 2.75) is 201 Å². The molecule has 0 aliphatic carbocycles. The molecule has 0 saturated carbocycles. The van der Waals surface area contributed by atoms with Crippen LogP contribution in [0, 0.1) is 6.54 Å². The molecule has 231 valence electrons. The van der Waals surface area contributed by atoms with Gasteiger partial charge in [-0.25, -0.2) is 0 Å². The molecule has 0 atom stereocenters. The third-order valence-corrected chi connectivity index (χ3v) is 8.28. The van der Waals surface area contributed by atoms with Crippen LogP contribution >= 0.6 is 0 Å². The number of unbranched alkanes of at least 4 members (excludes halogenated alkanes) is 24. The van der Waals surface area contributed by atoms with Crippen LogP contribution in [0.4, 0.5) is 0 Å². The molecule has 0 rings (SSSR count). The van der Waals surface area contributed by atoms with Crippen molar-refractivity contribution in [2.24, 2.45) is 0 Å². The Hall–Kier alpha value is -0.560. The van der Waals surface area contributed by atoms with Gasteiger partial charge in [0.15, 0.2) is 0 Å². The zero-order chi connectivity index (χ0) is 28.3. The van der Waals surface area contributed by atoms with E-state index in [1.54, 1.807) is 0 Å². The number of hydrogen-bond acceptors (Lipinski definition) is 1. The van der Waals surface area contributed by atoms with Crippen molar-refractivity contribution in [2.75, 3.05) is 13.1 Å². The SMILES string of the molecule is C[CH]N(CCCCCCCC/C=C\CCCCCCCC)CCCCCCCC/C=C\CCCCCCCC. The lowest BCUT2D eigenvalue weighted by atomic mass is 10.1. The minimum absolute atomic E-state index is 1.27. The van der Waals surface area contributed by atoms with Crippen molar-refractivity contribution in [1.29, 1.82) is 0 Å². The predicted octanol–water partition coefficient (Wildman–Crippen LogP) is 13.5. The molecule has 0 aromatic rings. The maximum Gasteiger partial charge on any atom is 0.0220 e. The van der Waals surface area contributed by atoms with E-state index >= 15 is 0 Å². The molecular weight excluding hydrogens is 470 g/mol. The zero-order valence-corrected chi connectivity index (χ0v) is 27.5. The second-order valence-electron chi connectivity index (χ2n) is 12.2. The first kappa shape index (κ1) is 38.4. The van der Waals surface area contributed by atoms with E-state index in [0.717, 1.165) is 0 Å². The molecule has 1 nitrogen and oxygen atoms in total. The van der Waals surface area contributed by atoms with E-state index in [2.05, 4.69) is 56.5 Å². The first-order chi connectivity index (χ1) is 19.3. The maximum absolute atomic E-state index is 2.57. The van der Waals surface area contributed by atoms with Gasteiger partial charge in [0.2, 0.25) is 0 Å². The highest BCUT2D eigenvalue weighted by Gasteiger charge is 2.02. The van der Waals surface area contributed by atoms with Gasteiger partial charge < -0.3 is 0 Å². The van der Waals surface area contributed by atoms with Crippen LogP contribution in [0.15, 0.2) is 24.3 Å². The summed E-state index contributed by atoms with van der Waals surface area (Å²) in [5.41, 5.74) is 0. The van der Waals surface area contributed by atoms with Gasteiger partial charge in [-0.2, -0.15) is 0 Å². The number of nitrogens with zero attached hydrogens (tertiary/aromatic N) is 1. The van der Waals surface area contributed by atoms with Gasteiger partial charge in [0.05, 0.1) is 0 Å². The standard InChI is InChI=1S/C38H74N/c1-4-7-9-11-13-15-17-19-21-23-25-27-29-31-33-35-37-39(6-3)38-36-34-32-30-28-26-24-22-20-18-16-14-12-10-8-5-2/h6,19-22H,4-5,7-18,23-38H2,1-3H3/b21-19-,22-20-. The van der Waals surface area contributed by atoms with E-state index in [9.17, 15) is 0 Å². The normalized spacial score (nSPS) is 12.1. The van der Waals surface area contributed by atoms with Crippen LogP contribution in [0.1, 0.15) is 201 Å². The van der Waals surface area contributed by atoms with Gasteiger partial charge in [-0.1, -0.05) is 154 Å². The summed E-state index contributed by atoms with van der Waals surface area (Å²) in [6, 6.07) is 0. The molecule has 0 saturated heterocycles. The summed E-state index contributed by atoms with van der Waals surface area (Å²) >= 11 is 0. The molecule has 1 heteroatoms. The summed E-state index contributed by atoms with van der Waals surface area (Å²) < 4.78 is 0. The Balaban J connectivity index is 3.34. The maximum atomic E-state index is 2.57. The molecule has 0 fully saturated rings. The second kappa shape index (κ2) is 35.5. The molecule has 0 bridgehead atoms. The molecule has 0 aromatic carbocycles. The van der Waals surface area contributed by atoms with E-state index in [4.69, 9.17) is 0 Å². The summed E-state index contributed by atoms with van der Waals surface area (Å²) in [5.74, 6) is 0. The Morgan fingerprint density at radius 1 is 0.333 bits per heavy atom. The van der Waals surface area contributed by atoms with Crippen molar-refractivity contribution >= 4 is 0 Å². The third kappa shape index (κ3) is 33.5. The third-order valence-electron chi connectivity index (χ3n) is 8.28. The summed E-state index contributed by atoms with van der Waals surface area (Å²) in [6.45, 7) is 11.7. The van der Waals surface area contributed by atoms with Gasteiger partial charge in [0, 0.05) is 6.54 Å². The van der Waals surface area contributed by atoms with Crippen molar-refractivity contribution in [1.82, 2.24) is 4.90 Å². The largest absolute Gasteiger partial charge is 0.299 e. The van der Waals surface area contributed by atoms with Crippen molar-refractivity contribution < 1.29 is 0 Å². The number of hydrogen-bond donors (Lipinski definition) is 0. The molecule has 0 spiro atoms. The Bertz CT molecular complexity index is 437. The molecule has 0 unspecified atom stereocenters.